The molecule has 0 radical (unpaired) electrons. The molecule has 0 amide bonds. The van der Waals surface area contributed by atoms with E-state index in [1.165, 1.54) is 0 Å². The van der Waals surface area contributed by atoms with Gasteiger partial charge in [-0.15, -0.1) is 5.10 Å². The number of ether oxygens (including phenoxy) is 1. The van der Waals surface area contributed by atoms with Gasteiger partial charge in [-0.05, 0) is 31.7 Å². The molecule has 0 saturated heterocycles. The van der Waals surface area contributed by atoms with Crippen molar-refractivity contribution in [3.05, 3.63) is 16.8 Å². The average Bonchev–Trinajstić information content (AvgIpc) is 2.45. The van der Waals surface area contributed by atoms with Gasteiger partial charge in [-0.1, -0.05) is 32.3 Å². The van der Waals surface area contributed by atoms with Crippen molar-refractivity contribution >= 4 is 5.84 Å². The van der Waals surface area contributed by atoms with Crippen molar-refractivity contribution in [1.82, 2.24) is 10.2 Å². The van der Waals surface area contributed by atoms with Crippen molar-refractivity contribution in [3.63, 3.8) is 0 Å². The highest BCUT2D eigenvalue weighted by atomic mass is 16.5. The summed E-state index contributed by atoms with van der Waals surface area (Å²) in [6, 6.07) is 0. The molecule has 6 heteroatoms. The van der Waals surface area contributed by atoms with Crippen LogP contribution in [0.5, 0.6) is 5.88 Å². The minimum Gasteiger partial charge on any atom is -0.473 e. The van der Waals surface area contributed by atoms with E-state index in [1.54, 1.807) is 0 Å². The first-order valence-electron chi connectivity index (χ1n) is 7.11. The van der Waals surface area contributed by atoms with Crippen LogP contribution in [0.2, 0.25) is 0 Å². The lowest BCUT2D eigenvalue weighted by molar-refractivity contribution is 0.198. The fourth-order valence-electron chi connectivity index (χ4n) is 2.21. The van der Waals surface area contributed by atoms with Crippen molar-refractivity contribution in [3.8, 4) is 5.88 Å². The fraction of sp³-hybridized carbons (Fsp3) is 0.643. The molecule has 1 aromatic heterocycles. The van der Waals surface area contributed by atoms with Gasteiger partial charge in [0.2, 0.25) is 5.88 Å². The van der Waals surface area contributed by atoms with Gasteiger partial charge in [-0.2, -0.15) is 5.10 Å². The normalized spacial score (nSPS) is 13.3. The minimum atomic E-state index is 0.0109. The Morgan fingerprint density at radius 3 is 2.50 bits per heavy atom. The Morgan fingerprint density at radius 2 is 2.00 bits per heavy atom. The van der Waals surface area contributed by atoms with Crippen molar-refractivity contribution in [2.24, 2.45) is 10.9 Å². The van der Waals surface area contributed by atoms with Gasteiger partial charge in [0.15, 0.2) is 5.84 Å². The summed E-state index contributed by atoms with van der Waals surface area (Å²) in [5, 5.41) is 20.4. The number of rotatable bonds is 7. The Balaban J connectivity index is 3.29. The molecule has 3 N–H and O–H groups in total. The van der Waals surface area contributed by atoms with Crippen molar-refractivity contribution in [2.45, 2.75) is 59.5 Å². The monoisotopic (exact) mass is 280 g/mol. The first-order valence-corrected chi connectivity index (χ1v) is 7.11. The second-order valence-electron chi connectivity index (χ2n) is 4.71. The van der Waals surface area contributed by atoms with Gasteiger partial charge >= 0.3 is 0 Å². The summed E-state index contributed by atoms with van der Waals surface area (Å²) in [5.74, 6) is 0.362. The Labute approximate surface area is 120 Å². The summed E-state index contributed by atoms with van der Waals surface area (Å²) < 4.78 is 5.81. The number of nitrogens with two attached hydrogens (primary N) is 1. The average molecular weight is 280 g/mol. The topological polar surface area (TPSA) is 93.6 Å². The van der Waals surface area contributed by atoms with Crippen LogP contribution in [-0.4, -0.2) is 27.3 Å². The van der Waals surface area contributed by atoms with E-state index in [-0.39, 0.29) is 11.9 Å². The molecule has 0 spiro atoms. The highest BCUT2D eigenvalue weighted by molar-refractivity contribution is 6.00. The molecule has 0 aliphatic carbocycles. The van der Waals surface area contributed by atoms with Crippen LogP contribution >= 0.6 is 0 Å². The summed E-state index contributed by atoms with van der Waals surface area (Å²) in [5.41, 5.74) is 8.14. The number of aromatic nitrogens is 2. The lowest BCUT2D eigenvalue weighted by Crippen LogP contribution is -2.23. The largest absolute Gasteiger partial charge is 0.473 e. The number of hydrogen-bond acceptors (Lipinski definition) is 5. The van der Waals surface area contributed by atoms with E-state index in [2.05, 4.69) is 22.3 Å². The van der Waals surface area contributed by atoms with Crippen LogP contribution in [0.3, 0.4) is 0 Å². The SMILES string of the molecule is CCCC(C)Oc1nnc(CC)c(CC)c1C(N)=NO. The summed E-state index contributed by atoms with van der Waals surface area (Å²) in [7, 11) is 0. The third-order valence-electron chi connectivity index (χ3n) is 3.19. The number of hydrogen-bond donors (Lipinski definition) is 2. The zero-order chi connectivity index (χ0) is 15.1. The van der Waals surface area contributed by atoms with Crippen LogP contribution in [0.4, 0.5) is 0 Å². The highest BCUT2D eigenvalue weighted by Gasteiger charge is 2.20. The minimum absolute atomic E-state index is 0.0109. The van der Waals surface area contributed by atoms with Crippen molar-refractivity contribution in [2.75, 3.05) is 0 Å². The molecule has 0 bridgehead atoms. The van der Waals surface area contributed by atoms with Gasteiger partial charge < -0.3 is 15.7 Å². The number of oxime groups is 1. The molecule has 0 aliphatic rings. The van der Waals surface area contributed by atoms with Crippen LogP contribution in [0, 0.1) is 0 Å². The second-order valence-corrected chi connectivity index (χ2v) is 4.71. The Bertz CT molecular complexity index is 474. The van der Waals surface area contributed by atoms with E-state index < -0.39 is 0 Å². The number of amidine groups is 1. The predicted molar refractivity (Wildman–Crippen MR) is 78.3 cm³/mol. The maximum absolute atomic E-state index is 8.99. The van der Waals surface area contributed by atoms with Crippen LogP contribution in [-0.2, 0) is 12.8 Å². The van der Waals surface area contributed by atoms with E-state index in [1.807, 2.05) is 20.8 Å². The van der Waals surface area contributed by atoms with Crippen LogP contribution in [0.15, 0.2) is 5.16 Å². The molecule has 20 heavy (non-hydrogen) atoms. The molecular formula is C14H24N4O2. The first kappa shape index (κ1) is 16.2. The second kappa shape index (κ2) is 7.67. The molecule has 1 rings (SSSR count). The molecule has 1 unspecified atom stereocenters. The summed E-state index contributed by atoms with van der Waals surface area (Å²) in [6.45, 7) is 8.07. The Kier molecular flexibility index (Phi) is 6.21. The summed E-state index contributed by atoms with van der Waals surface area (Å²) in [4.78, 5) is 0. The maximum Gasteiger partial charge on any atom is 0.245 e. The Morgan fingerprint density at radius 1 is 1.30 bits per heavy atom. The van der Waals surface area contributed by atoms with Crippen LogP contribution in [0.25, 0.3) is 0 Å². The van der Waals surface area contributed by atoms with Gasteiger partial charge in [0.1, 0.15) is 0 Å². The zero-order valence-corrected chi connectivity index (χ0v) is 12.7. The molecule has 0 saturated carbocycles. The van der Waals surface area contributed by atoms with E-state index in [0.29, 0.717) is 11.4 Å². The van der Waals surface area contributed by atoms with E-state index in [4.69, 9.17) is 15.7 Å². The third kappa shape index (κ3) is 3.59. The number of nitrogens with zero attached hydrogens (tertiary/aromatic N) is 3. The molecule has 0 fully saturated rings. The lowest BCUT2D eigenvalue weighted by Gasteiger charge is -2.18. The standard InChI is InChI=1S/C14H24N4O2/c1-5-8-9(4)20-14-12(13(15)18-19)10(6-2)11(7-3)16-17-14/h9,19H,5-8H2,1-4H3,(H2,15,18). The van der Waals surface area contributed by atoms with E-state index in [0.717, 1.165) is 36.9 Å². The van der Waals surface area contributed by atoms with E-state index >= 15 is 0 Å². The van der Waals surface area contributed by atoms with Crippen molar-refractivity contribution in [1.29, 1.82) is 0 Å². The summed E-state index contributed by atoms with van der Waals surface area (Å²) in [6.07, 6.45) is 3.40. The maximum atomic E-state index is 8.99. The lowest BCUT2D eigenvalue weighted by atomic mass is 10.0. The van der Waals surface area contributed by atoms with Crippen LogP contribution < -0.4 is 10.5 Å². The fourth-order valence-corrected chi connectivity index (χ4v) is 2.21. The highest BCUT2D eigenvalue weighted by Crippen LogP contribution is 2.24. The molecule has 0 aromatic carbocycles. The van der Waals surface area contributed by atoms with Crippen molar-refractivity contribution < 1.29 is 9.94 Å². The molecular weight excluding hydrogens is 256 g/mol. The molecule has 112 valence electrons. The van der Waals surface area contributed by atoms with Gasteiger partial charge in [-0.3, -0.25) is 0 Å². The quantitative estimate of drug-likeness (QED) is 0.346. The zero-order valence-electron chi connectivity index (χ0n) is 12.7. The van der Waals surface area contributed by atoms with Crippen LogP contribution in [0.1, 0.15) is 57.4 Å². The first-order chi connectivity index (χ1) is 9.58. The molecule has 1 heterocycles. The predicted octanol–water partition coefficient (Wildman–Crippen LogP) is 2.26. The Hall–Kier alpha value is -1.85. The van der Waals surface area contributed by atoms with Gasteiger partial charge in [0, 0.05) is 0 Å². The summed E-state index contributed by atoms with van der Waals surface area (Å²) >= 11 is 0. The van der Waals surface area contributed by atoms with Gasteiger partial charge in [-0.25, -0.2) is 0 Å². The molecule has 6 nitrogen and oxygen atoms in total. The molecule has 1 aromatic rings. The smallest absolute Gasteiger partial charge is 0.245 e. The van der Waals surface area contributed by atoms with E-state index in [9.17, 15) is 0 Å². The third-order valence-corrected chi connectivity index (χ3v) is 3.19. The van der Waals surface area contributed by atoms with Gasteiger partial charge in [0.05, 0.1) is 17.4 Å². The molecule has 0 aliphatic heterocycles. The molecule has 1 atom stereocenters. The number of aryl methyl sites for hydroxylation is 1. The van der Waals surface area contributed by atoms with Gasteiger partial charge in [0.25, 0.3) is 0 Å².